The molecule has 2 aromatic carbocycles. The van der Waals surface area contributed by atoms with E-state index in [1.54, 1.807) is 11.6 Å². The summed E-state index contributed by atoms with van der Waals surface area (Å²) in [5.41, 5.74) is 5.89. The molecule has 1 amide bonds. The highest BCUT2D eigenvalue weighted by atomic mass is 16.5. The Hall–Kier alpha value is -2.96. The van der Waals surface area contributed by atoms with Crippen molar-refractivity contribution in [2.45, 2.75) is 25.3 Å². The molecular formula is C23H26N4O2. The second-order valence-corrected chi connectivity index (χ2v) is 7.54. The Morgan fingerprint density at radius 2 is 2.10 bits per heavy atom. The molecule has 1 fully saturated rings. The molecule has 0 bridgehead atoms. The topological polar surface area (TPSA) is 70.4 Å². The van der Waals surface area contributed by atoms with Gasteiger partial charge in [0.15, 0.2) is 0 Å². The third-order valence-electron chi connectivity index (χ3n) is 5.57. The zero-order chi connectivity index (χ0) is 20.1. The predicted octanol–water partition coefficient (Wildman–Crippen LogP) is 3.43. The molecule has 2 N–H and O–H groups in total. The first-order valence-corrected chi connectivity index (χ1v) is 10.1. The van der Waals surface area contributed by atoms with Crippen LogP contribution in [0.4, 0.5) is 0 Å². The summed E-state index contributed by atoms with van der Waals surface area (Å²) < 4.78 is 2.29. The van der Waals surface area contributed by atoms with E-state index in [0.29, 0.717) is 6.04 Å². The maximum absolute atomic E-state index is 11.2. The van der Waals surface area contributed by atoms with Crippen molar-refractivity contribution in [3.8, 4) is 0 Å². The molecule has 1 atom stereocenters. The Labute approximate surface area is 170 Å². The third-order valence-corrected chi connectivity index (χ3v) is 5.57. The van der Waals surface area contributed by atoms with Crippen molar-refractivity contribution in [1.82, 2.24) is 19.9 Å². The lowest BCUT2D eigenvalue weighted by Crippen LogP contribution is -2.37. The van der Waals surface area contributed by atoms with Gasteiger partial charge in [0, 0.05) is 25.2 Å². The standard InChI is InChI=1S/C23H26N4O2/c28-23(25-29)11-9-19-8-10-22-21(15-19)24-17-27(22)20-7-4-13-26(16-20)14-12-18-5-2-1-3-6-18/h1-3,5-6,8-11,15,17,20,29H,4,7,12-14,16H2,(H,25,28). The summed E-state index contributed by atoms with van der Waals surface area (Å²) in [5, 5.41) is 8.59. The normalized spacial score (nSPS) is 17.8. The van der Waals surface area contributed by atoms with Gasteiger partial charge >= 0.3 is 0 Å². The summed E-state index contributed by atoms with van der Waals surface area (Å²) in [7, 11) is 0. The van der Waals surface area contributed by atoms with E-state index >= 15 is 0 Å². The van der Waals surface area contributed by atoms with Gasteiger partial charge < -0.3 is 9.47 Å². The molecule has 0 saturated carbocycles. The van der Waals surface area contributed by atoms with Crippen molar-refractivity contribution in [3.63, 3.8) is 0 Å². The second kappa shape index (κ2) is 9.03. The van der Waals surface area contributed by atoms with Gasteiger partial charge in [-0.05, 0) is 55.1 Å². The van der Waals surface area contributed by atoms with Gasteiger partial charge in [-0.2, -0.15) is 0 Å². The molecule has 150 valence electrons. The lowest BCUT2D eigenvalue weighted by molar-refractivity contribution is -0.124. The second-order valence-electron chi connectivity index (χ2n) is 7.54. The quantitative estimate of drug-likeness (QED) is 0.384. The monoisotopic (exact) mass is 390 g/mol. The van der Waals surface area contributed by atoms with Gasteiger partial charge in [-0.3, -0.25) is 10.0 Å². The SMILES string of the molecule is O=C(C=Cc1ccc2c(c1)ncn2C1CCCN(CCc2ccccc2)C1)NO. The fourth-order valence-corrected chi connectivity index (χ4v) is 4.05. The summed E-state index contributed by atoms with van der Waals surface area (Å²) in [6.45, 7) is 3.27. The number of benzene rings is 2. The van der Waals surface area contributed by atoms with E-state index in [2.05, 4.69) is 50.8 Å². The molecular weight excluding hydrogens is 364 g/mol. The van der Waals surface area contributed by atoms with E-state index in [1.807, 2.05) is 18.5 Å². The number of fused-ring (bicyclic) bond motifs is 1. The fraction of sp³-hybridized carbons (Fsp3) is 0.304. The minimum atomic E-state index is -0.548. The van der Waals surface area contributed by atoms with Crippen molar-refractivity contribution >= 4 is 23.0 Å². The third kappa shape index (κ3) is 4.72. The summed E-state index contributed by atoms with van der Waals surface area (Å²) in [5.74, 6) is -0.548. The van der Waals surface area contributed by atoms with Crippen LogP contribution in [0.15, 0.2) is 60.9 Å². The summed E-state index contributed by atoms with van der Waals surface area (Å²) in [6, 6.07) is 17.1. The highest BCUT2D eigenvalue weighted by Gasteiger charge is 2.22. The number of nitrogens with zero attached hydrogens (tertiary/aromatic N) is 3. The van der Waals surface area contributed by atoms with E-state index in [1.165, 1.54) is 18.1 Å². The first kappa shape index (κ1) is 19.4. The van der Waals surface area contributed by atoms with Gasteiger partial charge in [-0.1, -0.05) is 36.4 Å². The number of nitrogens with one attached hydrogen (secondary N) is 1. The van der Waals surface area contributed by atoms with E-state index in [4.69, 9.17) is 5.21 Å². The molecule has 6 heteroatoms. The van der Waals surface area contributed by atoms with Crippen molar-refractivity contribution in [2.24, 2.45) is 0 Å². The smallest absolute Gasteiger partial charge is 0.267 e. The molecule has 2 heterocycles. The lowest BCUT2D eigenvalue weighted by atomic mass is 10.0. The summed E-state index contributed by atoms with van der Waals surface area (Å²) in [4.78, 5) is 18.3. The van der Waals surface area contributed by atoms with E-state index in [9.17, 15) is 4.79 Å². The largest absolute Gasteiger partial charge is 0.326 e. The number of rotatable bonds is 6. The maximum atomic E-state index is 11.2. The van der Waals surface area contributed by atoms with Crippen molar-refractivity contribution < 1.29 is 10.0 Å². The number of amides is 1. The highest BCUT2D eigenvalue weighted by Crippen LogP contribution is 2.26. The maximum Gasteiger partial charge on any atom is 0.267 e. The van der Waals surface area contributed by atoms with Crippen LogP contribution in [0.1, 0.15) is 30.0 Å². The van der Waals surface area contributed by atoms with Crippen LogP contribution in [0.2, 0.25) is 0 Å². The molecule has 1 saturated heterocycles. The summed E-state index contributed by atoms with van der Waals surface area (Å²) in [6.07, 6.45) is 8.32. The van der Waals surface area contributed by atoms with Crippen LogP contribution >= 0.6 is 0 Å². The van der Waals surface area contributed by atoms with Gasteiger partial charge in [0.25, 0.3) is 5.91 Å². The van der Waals surface area contributed by atoms with Gasteiger partial charge in [0.2, 0.25) is 0 Å². The number of aromatic nitrogens is 2. The first-order chi connectivity index (χ1) is 14.2. The molecule has 0 spiro atoms. The van der Waals surface area contributed by atoms with E-state index < -0.39 is 5.91 Å². The van der Waals surface area contributed by atoms with Crippen LogP contribution in [-0.4, -0.2) is 45.2 Å². The van der Waals surface area contributed by atoms with Crippen LogP contribution in [0, 0.1) is 0 Å². The van der Waals surface area contributed by atoms with Crippen molar-refractivity contribution in [1.29, 1.82) is 0 Å². The Bertz CT molecular complexity index is 997. The number of carbonyl (C=O) groups excluding carboxylic acids is 1. The molecule has 0 radical (unpaired) electrons. The molecule has 1 aromatic heterocycles. The van der Waals surface area contributed by atoms with Crippen LogP contribution in [0.25, 0.3) is 17.1 Å². The minimum Gasteiger partial charge on any atom is -0.326 e. The number of piperidine rings is 1. The van der Waals surface area contributed by atoms with E-state index in [-0.39, 0.29) is 0 Å². The van der Waals surface area contributed by atoms with Crippen LogP contribution < -0.4 is 5.48 Å². The zero-order valence-electron chi connectivity index (χ0n) is 16.4. The Kier molecular flexibility index (Phi) is 6.03. The fourth-order valence-electron chi connectivity index (χ4n) is 4.05. The molecule has 3 aromatic rings. The highest BCUT2D eigenvalue weighted by molar-refractivity contribution is 5.91. The van der Waals surface area contributed by atoms with Gasteiger partial charge in [-0.25, -0.2) is 10.5 Å². The van der Waals surface area contributed by atoms with E-state index in [0.717, 1.165) is 49.1 Å². The molecule has 1 aliphatic rings. The number of likely N-dealkylation sites (tertiary alicyclic amines) is 1. The van der Waals surface area contributed by atoms with Crippen LogP contribution in [0.5, 0.6) is 0 Å². The Morgan fingerprint density at radius 3 is 2.93 bits per heavy atom. The predicted molar refractivity (Wildman–Crippen MR) is 114 cm³/mol. The van der Waals surface area contributed by atoms with Crippen LogP contribution in [-0.2, 0) is 11.2 Å². The Morgan fingerprint density at radius 1 is 1.24 bits per heavy atom. The average molecular weight is 390 g/mol. The number of hydroxylamine groups is 1. The number of carbonyl (C=O) groups is 1. The first-order valence-electron chi connectivity index (χ1n) is 10.1. The molecule has 6 nitrogen and oxygen atoms in total. The van der Waals surface area contributed by atoms with Crippen molar-refractivity contribution in [2.75, 3.05) is 19.6 Å². The molecule has 1 unspecified atom stereocenters. The number of hydrogen-bond acceptors (Lipinski definition) is 4. The van der Waals surface area contributed by atoms with Gasteiger partial charge in [0.05, 0.1) is 17.4 Å². The molecule has 29 heavy (non-hydrogen) atoms. The molecule has 0 aliphatic carbocycles. The molecule has 4 rings (SSSR count). The van der Waals surface area contributed by atoms with Crippen LogP contribution in [0.3, 0.4) is 0 Å². The average Bonchev–Trinajstić information content (AvgIpc) is 3.20. The number of hydrogen-bond donors (Lipinski definition) is 2. The van der Waals surface area contributed by atoms with Gasteiger partial charge in [0.1, 0.15) is 0 Å². The Balaban J connectivity index is 1.44. The summed E-state index contributed by atoms with van der Waals surface area (Å²) >= 11 is 0. The minimum absolute atomic E-state index is 0.422. The molecule has 1 aliphatic heterocycles. The number of imidazole rings is 1. The van der Waals surface area contributed by atoms with Crippen molar-refractivity contribution in [3.05, 3.63) is 72.1 Å². The van der Waals surface area contributed by atoms with Gasteiger partial charge in [-0.15, -0.1) is 0 Å². The lowest BCUT2D eigenvalue weighted by Gasteiger charge is -2.33. The zero-order valence-corrected chi connectivity index (χ0v) is 16.4.